The molecule has 0 spiro atoms. The second-order valence-corrected chi connectivity index (χ2v) is 0.364. The van der Waals surface area contributed by atoms with Crippen LogP contribution in [0.2, 0.25) is 0 Å². The van der Waals surface area contributed by atoms with Crippen LogP contribution in [-0.2, 0) is 4.79 Å². The largest absolute Gasteiger partial charge is 0.370 e. The van der Waals surface area contributed by atoms with Crippen molar-refractivity contribution < 1.29 is 8.91 Å². The molecule has 0 radical (unpaired) electrons. The standard InChI is InChI=1S/C2H5NO/c1-2(3)4/h1H3,(H2,3,4)/i1T3. The van der Waals surface area contributed by atoms with E-state index in [0.29, 0.717) is 0 Å². The lowest BCUT2D eigenvalue weighted by Crippen LogP contribution is -2.01. The maximum Gasteiger partial charge on any atom is 0.214 e. The van der Waals surface area contributed by atoms with Crippen LogP contribution >= 0.6 is 0 Å². The van der Waals surface area contributed by atoms with Crippen LogP contribution in [0.3, 0.4) is 0 Å². The molecular formula is C2H5NO. The van der Waals surface area contributed by atoms with E-state index in [1.807, 2.05) is 0 Å². The molecule has 0 aliphatic heterocycles. The molecule has 24 valence electrons. The van der Waals surface area contributed by atoms with Crippen LogP contribution in [0.15, 0.2) is 0 Å². The van der Waals surface area contributed by atoms with Crippen LogP contribution in [-0.4, -0.2) is 5.91 Å². The SMILES string of the molecule is [3H]C([3H])([3H])C(N)=O. The molecule has 1 amide bonds. The Kier molecular flexibility index (Phi) is 0.155. The van der Waals surface area contributed by atoms with Gasteiger partial charge in [0.05, 0.1) is 0 Å². The van der Waals surface area contributed by atoms with Gasteiger partial charge >= 0.3 is 0 Å². The Labute approximate surface area is 28.8 Å². The summed E-state index contributed by atoms with van der Waals surface area (Å²) in [5.74, 6) is -1.26. The van der Waals surface area contributed by atoms with E-state index >= 15 is 0 Å². The maximum atomic E-state index is 9.68. The molecular weight excluding hydrogens is 54.0 g/mol. The summed E-state index contributed by atoms with van der Waals surface area (Å²) in [6.07, 6.45) is 0. The number of nitrogens with two attached hydrogens (primary N) is 1. The fourth-order valence-corrected chi connectivity index (χ4v) is 0. The molecule has 0 bridgehead atoms. The second kappa shape index (κ2) is 0.875. The van der Waals surface area contributed by atoms with Crippen molar-refractivity contribution in [2.24, 2.45) is 5.73 Å². The Bertz CT molecular complexity index is 85.4. The fraction of sp³-hybridized carbons (Fsp3) is 0.500. The third-order valence-electron chi connectivity index (χ3n) is 0. The van der Waals surface area contributed by atoms with Crippen molar-refractivity contribution in [2.45, 2.75) is 6.85 Å². The lowest BCUT2D eigenvalue weighted by atomic mass is 10.8. The van der Waals surface area contributed by atoms with Crippen molar-refractivity contribution in [3.63, 3.8) is 0 Å². The molecule has 0 saturated heterocycles. The highest BCUT2D eigenvalue weighted by Crippen LogP contribution is 1.33. The van der Waals surface area contributed by atoms with Crippen LogP contribution in [0, 0.1) is 0 Å². The number of primary amides is 1. The summed E-state index contributed by atoms with van der Waals surface area (Å²) in [4.78, 5) is 9.68. The smallest absolute Gasteiger partial charge is 0.214 e. The van der Waals surface area contributed by atoms with Crippen molar-refractivity contribution in [1.29, 1.82) is 0 Å². The molecule has 0 aliphatic rings. The summed E-state index contributed by atoms with van der Waals surface area (Å²) in [5, 5.41) is 0. The van der Waals surface area contributed by atoms with Gasteiger partial charge in [-0.25, -0.2) is 0 Å². The van der Waals surface area contributed by atoms with Crippen LogP contribution < -0.4 is 5.73 Å². The first-order valence-electron chi connectivity index (χ1n) is 2.24. The van der Waals surface area contributed by atoms with Crippen molar-refractivity contribution in [3.05, 3.63) is 0 Å². The van der Waals surface area contributed by atoms with Crippen molar-refractivity contribution >= 4 is 5.91 Å². The van der Waals surface area contributed by atoms with Gasteiger partial charge < -0.3 is 5.73 Å². The molecule has 0 fully saturated rings. The normalized spacial score (nSPS) is 20.5. The van der Waals surface area contributed by atoms with E-state index in [-0.39, 0.29) is 0 Å². The molecule has 0 aromatic heterocycles. The van der Waals surface area contributed by atoms with Crippen LogP contribution in [0.25, 0.3) is 0 Å². The molecule has 0 atom stereocenters. The molecule has 0 aromatic rings. The highest BCUT2D eigenvalue weighted by atomic mass is 16.1. The minimum absolute atomic E-state index is 1.26. The number of hydrogen-bond donors (Lipinski definition) is 1. The van der Waals surface area contributed by atoms with Gasteiger partial charge in [-0.1, -0.05) is 0 Å². The average molecular weight is 65.1 g/mol. The van der Waals surface area contributed by atoms with Gasteiger partial charge in [-0.2, -0.15) is 0 Å². The van der Waals surface area contributed by atoms with Gasteiger partial charge in [0.2, 0.25) is 5.91 Å². The Hall–Kier alpha value is -0.530. The van der Waals surface area contributed by atoms with Crippen molar-refractivity contribution in [3.8, 4) is 0 Å². The fourth-order valence-electron chi connectivity index (χ4n) is 0. The van der Waals surface area contributed by atoms with Gasteiger partial charge in [-0.3, -0.25) is 4.79 Å². The number of hydrogen-bond acceptors (Lipinski definition) is 1. The summed E-state index contributed by atoms with van der Waals surface area (Å²) in [6.45, 7) is -2.61. The number of amides is 1. The third kappa shape index (κ3) is 1.16. The van der Waals surface area contributed by atoms with E-state index in [4.69, 9.17) is 4.11 Å². The predicted octanol–water partition coefficient (Wildman–Crippen LogP) is -0.508. The van der Waals surface area contributed by atoms with Gasteiger partial charge in [-0.05, 0) is 0 Å². The van der Waals surface area contributed by atoms with E-state index in [2.05, 4.69) is 5.73 Å². The average Bonchev–Trinajstić information content (AvgIpc) is 1.31. The Morgan fingerprint density at radius 3 is 2.75 bits per heavy atom. The molecule has 0 aromatic carbocycles. The topological polar surface area (TPSA) is 43.1 Å². The van der Waals surface area contributed by atoms with E-state index in [9.17, 15) is 4.79 Å². The molecule has 0 heterocycles. The highest BCUT2D eigenvalue weighted by Gasteiger charge is 1.61. The Morgan fingerprint density at radius 2 is 2.75 bits per heavy atom. The minimum atomic E-state index is -2.61. The molecule has 2 N–H and O–H groups in total. The molecule has 4 heavy (non-hydrogen) atoms. The summed E-state index contributed by atoms with van der Waals surface area (Å²) >= 11 is 0. The summed E-state index contributed by atoms with van der Waals surface area (Å²) < 4.78 is 18.7. The van der Waals surface area contributed by atoms with Gasteiger partial charge in [0.25, 0.3) is 0 Å². The third-order valence-corrected chi connectivity index (χ3v) is 0. The first-order chi connectivity index (χ1) is 2.94. The quantitative estimate of drug-likeness (QED) is 0.406. The van der Waals surface area contributed by atoms with E-state index < -0.39 is 12.8 Å². The highest BCUT2D eigenvalue weighted by molar-refractivity contribution is 5.70. The summed E-state index contributed by atoms with van der Waals surface area (Å²) in [6, 6.07) is 0. The lowest BCUT2D eigenvalue weighted by Gasteiger charge is -1.60. The minimum Gasteiger partial charge on any atom is -0.370 e. The molecule has 0 aliphatic carbocycles. The van der Waals surface area contributed by atoms with Gasteiger partial charge in [-0.15, -0.1) is 0 Å². The number of carbonyl (C=O) groups excluding carboxylic acids is 1. The molecule has 2 heteroatoms. The predicted molar refractivity (Wildman–Crippen MR) is 14.9 cm³/mol. The zero-order valence-electron chi connectivity index (χ0n) is 4.99. The van der Waals surface area contributed by atoms with Crippen molar-refractivity contribution in [2.75, 3.05) is 0 Å². The van der Waals surface area contributed by atoms with Gasteiger partial charge in [0, 0.05) is 11.0 Å². The molecule has 0 unspecified atom stereocenters. The number of carbonyl (C=O) groups is 1. The van der Waals surface area contributed by atoms with E-state index in [0.717, 1.165) is 0 Å². The monoisotopic (exact) mass is 65.1 g/mol. The first-order valence-corrected chi connectivity index (χ1v) is 0.743. The van der Waals surface area contributed by atoms with Gasteiger partial charge in [0.1, 0.15) is 0 Å². The Morgan fingerprint density at radius 1 is 2.50 bits per heavy atom. The zero-order valence-corrected chi connectivity index (χ0v) is 1.99. The second-order valence-electron chi connectivity index (χ2n) is 0.364. The number of rotatable bonds is 0. The van der Waals surface area contributed by atoms with Crippen LogP contribution in [0.4, 0.5) is 0 Å². The van der Waals surface area contributed by atoms with E-state index in [1.165, 1.54) is 0 Å². The molecule has 0 saturated carbocycles. The van der Waals surface area contributed by atoms with Crippen molar-refractivity contribution in [1.82, 2.24) is 0 Å². The molecule has 0 rings (SSSR count). The van der Waals surface area contributed by atoms with Crippen LogP contribution in [0.1, 0.15) is 11.0 Å². The van der Waals surface area contributed by atoms with Gasteiger partial charge in [0.15, 0.2) is 0 Å². The maximum absolute atomic E-state index is 9.68. The zero-order chi connectivity index (χ0) is 6.08. The van der Waals surface area contributed by atoms with E-state index in [1.54, 1.807) is 0 Å². The summed E-state index contributed by atoms with van der Waals surface area (Å²) in [7, 11) is 0. The Balaban J connectivity index is 3.79. The van der Waals surface area contributed by atoms with Crippen LogP contribution in [0.5, 0.6) is 0 Å². The first kappa shape index (κ1) is 0.708. The molecule has 2 nitrogen and oxygen atoms in total. The lowest BCUT2D eigenvalue weighted by molar-refractivity contribution is -0.115. The summed E-state index contributed by atoms with van der Waals surface area (Å²) in [5.41, 5.74) is 4.37.